The SMILES string of the molecule is c1ccc2c(c1)CC[C]2c1c[nH]nn1. The molecule has 0 spiro atoms. The van der Waals surface area contributed by atoms with E-state index < -0.39 is 0 Å². The van der Waals surface area contributed by atoms with Crippen LogP contribution in [-0.4, -0.2) is 15.4 Å². The molecule has 0 saturated heterocycles. The van der Waals surface area contributed by atoms with E-state index in [1.54, 1.807) is 0 Å². The molecule has 3 nitrogen and oxygen atoms in total. The molecule has 0 saturated carbocycles. The number of nitrogens with zero attached hydrogens (tertiary/aromatic N) is 2. The molecule has 1 heterocycles. The Kier molecular flexibility index (Phi) is 1.63. The fraction of sp³-hybridized carbons (Fsp3) is 0.182. The van der Waals surface area contributed by atoms with Crippen LogP contribution in [-0.2, 0) is 6.42 Å². The molecule has 2 aromatic rings. The number of hydrogen-bond donors (Lipinski definition) is 1. The monoisotopic (exact) mass is 184 g/mol. The van der Waals surface area contributed by atoms with Gasteiger partial charge in [-0.25, -0.2) is 0 Å². The predicted molar refractivity (Wildman–Crippen MR) is 52.6 cm³/mol. The summed E-state index contributed by atoms with van der Waals surface area (Å²) in [6.45, 7) is 0. The molecule has 3 heteroatoms. The molecule has 0 aliphatic heterocycles. The number of aromatic amines is 1. The van der Waals surface area contributed by atoms with Gasteiger partial charge in [0.2, 0.25) is 0 Å². The lowest BCUT2D eigenvalue weighted by Crippen LogP contribution is -1.97. The average Bonchev–Trinajstić information content (AvgIpc) is 2.85. The molecule has 69 valence electrons. The first-order valence-electron chi connectivity index (χ1n) is 4.76. The van der Waals surface area contributed by atoms with Crippen molar-refractivity contribution in [2.75, 3.05) is 0 Å². The van der Waals surface area contributed by atoms with Crippen molar-refractivity contribution in [1.29, 1.82) is 0 Å². The third-order valence-electron chi connectivity index (χ3n) is 2.71. The number of nitrogens with one attached hydrogen (secondary N) is 1. The van der Waals surface area contributed by atoms with E-state index in [1.807, 2.05) is 6.20 Å². The molecule has 0 fully saturated rings. The number of hydrogen-bond acceptors (Lipinski definition) is 2. The highest BCUT2D eigenvalue weighted by molar-refractivity contribution is 5.50. The molecule has 1 aromatic heterocycles. The highest BCUT2D eigenvalue weighted by Gasteiger charge is 2.25. The zero-order valence-corrected chi connectivity index (χ0v) is 7.70. The van der Waals surface area contributed by atoms with E-state index in [9.17, 15) is 0 Å². The summed E-state index contributed by atoms with van der Waals surface area (Å²) in [4.78, 5) is 0. The van der Waals surface area contributed by atoms with E-state index in [0.29, 0.717) is 0 Å². The number of fused-ring (bicyclic) bond motifs is 1. The Morgan fingerprint density at radius 3 is 2.93 bits per heavy atom. The summed E-state index contributed by atoms with van der Waals surface area (Å²) in [7, 11) is 0. The normalized spacial score (nSPS) is 15.7. The van der Waals surface area contributed by atoms with Crippen LogP contribution in [0.15, 0.2) is 30.5 Å². The van der Waals surface area contributed by atoms with Gasteiger partial charge in [0.25, 0.3) is 0 Å². The largest absolute Gasteiger partial charge is 0.265 e. The van der Waals surface area contributed by atoms with Crippen molar-refractivity contribution in [1.82, 2.24) is 15.4 Å². The van der Waals surface area contributed by atoms with Crippen molar-refractivity contribution in [3.8, 4) is 0 Å². The maximum Gasteiger partial charge on any atom is 0.0943 e. The van der Waals surface area contributed by atoms with Gasteiger partial charge in [-0.2, -0.15) is 0 Å². The van der Waals surface area contributed by atoms with Crippen LogP contribution in [0.25, 0.3) is 0 Å². The third-order valence-corrected chi connectivity index (χ3v) is 2.71. The maximum atomic E-state index is 4.05. The van der Waals surface area contributed by atoms with Crippen LogP contribution in [0.2, 0.25) is 0 Å². The lowest BCUT2D eigenvalue weighted by molar-refractivity contribution is 0.893. The summed E-state index contributed by atoms with van der Waals surface area (Å²) in [6.07, 6.45) is 4.06. The van der Waals surface area contributed by atoms with E-state index >= 15 is 0 Å². The van der Waals surface area contributed by atoms with Gasteiger partial charge >= 0.3 is 0 Å². The second-order valence-electron chi connectivity index (χ2n) is 3.49. The van der Waals surface area contributed by atoms with Gasteiger partial charge in [-0.15, -0.1) is 5.10 Å². The number of H-pyrrole nitrogens is 1. The van der Waals surface area contributed by atoms with E-state index in [4.69, 9.17) is 0 Å². The van der Waals surface area contributed by atoms with Crippen molar-refractivity contribution < 1.29 is 0 Å². The van der Waals surface area contributed by atoms with Crippen molar-refractivity contribution in [2.45, 2.75) is 12.8 Å². The molecule has 1 radical (unpaired) electrons. The fourth-order valence-electron chi connectivity index (χ4n) is 2.04. The van der Waals surface area contributed by atoms with Crippen LogP contribution >= 0.6 is 0 Å². The summed E-state index contributed by atoms with van der Waals surface area (Å²) in [5, 5.41) is 10.6. The molecule has 0 bridgehead atoms. The summed E-state index contributed by atoms with van der Waals surface area (Å²) in [5.41, 5.74) is 3.74. The molecule has 14 heavy (non-hydrogen) atoms. The first kappa shape index (κ1) is 7.74. The zero-order chi connectivity index (χ0) is 9.38. The van der Waals surface area contributed by atoms with Gasteiger partial charge in [-0.3, -0.25) is 5.10 Å². The van der Waals surface area contributed by atoms with Crippen LogP contribution in [0.1, 0.15) is 23.2 Å². The average molecular weight is 184 g/mol. The molecule has 0 amide bonds. The van der Waals surface area contributed by atoms with Crippen molar-refractivity contribution in [2.24, 2.45) is 0 Å². The van der Waals surface area contributed by atoms with E-state index in [1.165, 1.54) is 17.0 Å². The topological polar surface area (TPSA) is 41.6 Å². The van der Waals surface area contributed by atoms with Crippen LogP contribution in [0, 0.1) is 5.92 Å². The third kappa shape index (κ3) is 1.05. The van der Waals surface area contributed by atoms with Crippen LogP contribution in [0.4, 0.5) is 0 Å². The minimum atomic E-state index is 0.981. The first-order chi connectivity index (χ1) is 6.95. The molecule has 0 unspecified atom stereocenters. The molecular formula is C11H10N3. The molecule has 1 aliphatic rings. The minimum Gasteiger partial charge on any atom is -0.265 e. The lowest BCUT2D eigenvalue weighted by atomic mass is 9.99. The Balaban J connectivity index is 2.06. The number of rotatable bonds is 1. The molecule has 0 atom stereocenters. The first-order valence-corrected chi connectivity index (χ1v) is 4.76. The van der Waals surface area contributed by atoms with E-state index in [2.05, 4.69) is 39.7 Å². The summed E-state index contributed by atoms with van der Waals surface area (Å²) >= 11 is 0. The number of benzene rings is 1. The summed E-state index contributed by atoms with van der Waals surface area (Å²) < 4.78 is 0. The zero-order valence-electron chi connectivity index (χ0n) is 7.70. The van der Waals surface area contributed by atoms with Crippen molar-refractivity contribution >= 4 is 0 Å². The number of aryl methyl sites for hydroxylation is 1. The Bertz CT molecular complexity index is 434. The predicted octanol–water partition coefficient (Wildman–Crippen LogP) is 1.72. The van der Waals surface area contributed by atoms with Crippen molar-refractivity contribution in [3.05, 3.63) is 53.2 Å². The van der Waals surface area contributed by atoms with Crippen LogP contribution in [0.3, 0.4) is 0 Å². The van der Waals surface area contributed by atoms with Gasteiger partial charge in [0.15, 0.2) is 0 Å². The molecule has 1 N–H and O–H groups in total. The molecule has 1 aromatic carbocycles. The molecule has 3 rings (SSSR count). The van der Waals surface area contributed by atoms with E-state index in [-0.39, 0.29) is 0 Å². The van der Waals surface area contributed by atoms with Gasteiger partial charge in [0.05, 0.1) is 11.6 Å². The molecular weight excluding hydrogens is 174 g/mol. The van der Waals surface area contributed by atoms with Gasteiger partial charge in [0.1, 0.15) is 0 Å². The Hall–Kier alpha value is -1.64. The van der Waals surface area contributed by atoms with Gasteiger partial charge < -0.3 is 0 Å². The van der Waals surface area contributed by atoms with Gasteiger partial charge in [0, 0.05) is 6.20 Å². The Morgan fingerprint density at radius 1 is 1.14 bits per heavy atom. The highest BCUT2D eigenvalue weighted by Crippen LogP contribution is 2.35. The fourth-order valence-corrected chi connectivity index (χ4v) is 2.04. The van der Waals surface area contributed by atoms with Crippen molar-refractivity contribution in [3.63, 3.8) is 0 Å². The number of aromatic nitrogens is 3. The summed E-state index contributed by atoms with van der Waals surface area (Å²) in [6, 6.07) is 8.50. The van der Waals surface area contributed by atoms with Gasteiger partial charge in [-0.1, -0.05) is 29.5 Å². The second-order valence-corrected chi connectivity index (χ2v) is 3.49. The van der Waals surface area contributed by atoms with Crippen LogP contribution < -0.4 is 0 Å². The smallest absolute Gasteiger partial charge is 0.0943 e. The lowest BCUT2D eigenvalue weighted by Gasteiger charge is -2.05. The van der Waals surface area contributed by atoms with Crippen LogP contribution in [0.5, 0.6) is 0 Å². The second kappa shape index (κ2) is 2.94. The van der Waals surface area contributed by atoms with Gasteiger partial charge in [-0.05, 0) is 24.0 Å². The van der Waals surface area contributed by atoms with E-state index in [0.717, 1.165) is 18.5 Å². The Morgan fingerprint density at radius 2 is 2.07 bits per heavy atom. The maximum absolute atomic E-state index is 4.05. The quantitative estimate of drug-likeness (QED) is 0.733. The highest BCUT2D eigenvalue weighted by atomic mass is 15.3. The minimum absolute atomic E-state index is 0.981. The summed E-state index contributed by atoms with van der Waals surface area (Å²) in [5.74, 6) is 1.31. The standard InChI is InChI=1S/C11H10N3/c1-2-4-9-8(3-1)5-6-10(9)11-7-12-14-13-11/h1-4,7H,5-6H2,(H,12,13,14). The molecule has 1 aliphatic carbocycles. The Labute approximate surface area is 82.2 Å².